The number of hydrogen-bond donors (Lipinski definition) is 1. The number of aliphatic carboxylic acids is 1. The van der Waals surface area contributed by atoms with Gasteiger partial charge in [-0.25, -0.2) is 0 Å². The zero-order chi connectivity index (χ0) is 15.8. The molecule has 5 atom stereocenters. The van der Waals surface area contributed by atoms with E-state index in [2.05, 4.69) is 6.58 Å². The third kappa shape index (κ3) is 2.39. The van der Waals surface area contributed by atoms with Crippen molar-refractivity contribution in [3.63, 3.8) is 0 Å². The third-order valence-electron chi connectivity index (χ3n) is 5.45. The van der Waals surface area contributed by atoms with Crippen LogP contribution in [0.25, 0.3) is 0 Å². The van der Waals surface area contributed by atoms with E-state index >= 15 is 0 Å². The minimum atomic E-state index is -0.894. The van der Waals surface area contributed by atoms with Gasteiger partial charge in [-0.1, -0.05) is 13.0 Å². The van der Waals surface area contributed by atoms with Crippen LogP contribution in [0.4, 0.5) is 0 Å². The first kappa shape index (κ1) is 15.7. The normalized spacial score (nSPS) is 39.2. The molecular formula is C16H22O5. The predicted molar refractivity (Wildman–Crippen MR) is 75.4 cm³/mol. The number of Topliss-reactive ketones (excluding diaryl/α,β-unsaturated/α-hetero) is 1. The molecule has 0 heterocycles. The Morgan fingerprint density at radius 3 is 2.62 bits per heavy atom. The van der Waals surface area contributed by atoms with Crippen molar-refractivity contribution in [2.75, 3.05) is 7.11 Å². The van der Waals surface area contributed by atoms with Crippen molar-refractivity contribution in [2.24, 2.45) is 29.1 Å². The number of carboxylic acids is 1. The molecule has 0 aromatic heterocycles. The van der Waals surface area contributed by atoms with Crippen LogP contribution in [-0.4, -0.2) is 29.9 Å². The zero-order valence-corrected chi connectivity index (χ0v) is 12.5. The number of rotatable bonds is 3. The molecule has 2 fully saturated rings. The highest BCUT2D eigenvalue weighted by Gasteiger charge is 2.57. The van der Waals surface area contributed by atoms with Gasteiger partial charge in [0, 0.05) is 18.3 Å². The number of hydrogen-bond acceptors (Lipinski definition) is 4. The van der Waals surface area contributed by atoms with Crippen molar-refractivity contribution in [3.05, 3.63) is 12.7 Å². The molecule has 2 aliphatic rings. The monoisotopic (exact) mass is 294 g/mol. The van der Waals surface area contributed by atoms with Gasteiger partial charge in [0.1, 0.15) is 5.78 Å². The zero-order valence-electron chi connectivity index (χ0n) is 12.5. The van der Waals surface area contributed by atoms with Crippen molar-refractivity contribution < 1.29 is 24.2 Å². The van der Waals surface area contributed by atoms with Crippen LogP contribution in [0.1, 0.15) is 32.6 Å². The molecule has 0 aromatic carbocycles. The summed E-state index contributed by atoms with van der Waals surface area (Å²) in [6.07, 6.45) is 3.37. The maximum atomic E-state index is 12.4. The lowest BCUT2D eigenvalue weighted by Crippen LogP contribution is -2.55. The van der Waals surface area contributed by atoms with Gasteiger partial charge in [0.2, 0.25) is 0 Å². The lowest BCUT2D eigenvalue weighted by molar-refractivity contribution is -0.166. The molecule has 5 heteroatoms. The van der Waals surface area contributed by atoms with Crippen LogP contribution in [0.3, 0.4) is 0 Å². The minimum Gasteiger partial charge on any atom is -0.481 e. The number of ketones is 1. The molecule has 0 amide bonds. The maximum Gasteiger partial charge on any atom is 0.309 e. The summed E-state index contributed by atoms with van der Waals surface area (Å²) in [6.45, 7) is 5.65. The Hall–Kier alpha value is -1.65. The van der Waals surface area contributed by atoms with Crippen LogP contribution in [0, 0.1) is 29.1 Å². The Morgan fingerprint density at radius 1 is 1.43 bits per heavy atom. The van der Waals surface area contributed by atoms with E-state index in [9.17, 15) is 19.5 Å². The summed E-state index contributed by atoms with van der Waals surface area (Å²) in [7, 11) is 1.35. The molecule has 1 N–H and O–H groups in total. The fourth-order valence-corrected chi connectivity index (χ4v) is 4.35. The number of methoxy groups -OCH3 is 1. The summed E-state index contributed by atoms with van der Waals surface area (Å²) in [5.74, 6) is -2.96. The molecule has 0 aromatic rings. The molecule has 2 saturated carbocycles. The van der Waals surface area contributed by atoms with E-state index in [1.54, 1.807) is 6.08 Å². The van der Waals surface area contributed by atoms with Crippen LogP contribution < -0.4 is 0 Å². The molecular weight excluding hydrogens is 272 g/mol. The molecule has 1 unspecified atom stereocenters. The van der Waals surface area contributed by atoms with Gasteiger partial charge >= 0.3 is 11.9 Å². The maximum absolute atomic E-state index is 12.4. The van der Waals surface area contributed by atoms with Crippen molar-refractivity contribution in [2.45, 2.75) is 32.6 Å². The van der Waals surface area contributed by atoms with Crippen LogP contribution >= 0.6 is 0 Å². The number of carbonyl (C=O) groups excluding carboxylic acids is 2. The second-order valence-electron chi connectivity index (χ2n) is 6.36. The van der Waals surface area contributed by atoms with Crippen molar-refractivity contribution in [3.8, 4) is 0 Å². The molecule has 0 radical (unpaired) electrons. The molecule has 0 spiro atoms. The number of esters is 1. The second-order valence-corrected chi connectivity index (χ2v) is 6.36. The highest BCUT2D eigenvalue weighted by atomic mass is 16.5. The van der Waals surface area contributed by atoms with Crippen LogP contribution in [0.2, 0.25) is 0 Å². The first-order chi connectivity index (χ1) is 9.86. The molecule has 2 rings (SSSR count). The smallest absolute Gasteiger partial charge is 0.309 e. The minimum absolute atomic E-state index is 0.0495. The largest absolute Gasteiger partial charge is 0.481 e. The molecule has 21 heavy (non-hydrogen) atoms. The fourth-order valence-electron chi connectivity index (χ4n) is 4.35. The first-order valence-electron chi connectivity index (χ1n) is 7.32. The number of fused-ring (bicyclic) bond motifs is 1. The van der Waals surface area contributed by atoms with E-state index in [4.69, 9.17) is 4.74 Å². The Balaban J connectivity index is 2.43. The molecule has 0 aliphatic heterocycles. The highest BCUT2D eigenvalue weighted by molar-refractivity contribution is 5.87. The van der Waals surface area contributed by atoms with E-state index in [0.29, 0.717) is 25.7 Å². The Labute approximate surface area is 124 Å². The number of carbonyl (C=O) groups is 3. The van der Waals surface area contributed by atoms with Crippen molar-refractivity contribution in [1.29, 1.82) is 0 Å². The van der Waals surface area contributed by atoms with E-state index in [1.165, 1.54) is 7.11 Å². The summed E-state index contributed by atoms with van der Waals surface area (Å²) in [6, 6.07) is 0. The SMILES string of the molecule is C=C[C@H]1C(C(=O)O)CC[C@]2(C)[C@@H]1C(=O)CC[C@H]2C(=O)OC. The standard InChI is InChI=1S/C16H22O5/c1-4-9-10(14(18)19)7-8-16(2)11(15(20)21-3)5-6-12(17)13(9)16/h4,9-11,13H,1,5-8H2,2-3H3,(H,18,19)/t9-,10?,11-,13-,16-/m0/s1. The van der Waals surface area contributed by atoms with Gasteiger partial charge in [-0.3, -0.25) is 14.4 Å². The second kappa shape index (κ2) is 5.62. The topological polar surface area (TPSA) is 80.7 Å². The van der Waals surface area contributed by atoms with Crippen molar-refractivity contribution >= 4 is 17.7 Å². The van der Waals surface area contributed by atoms with Gasteiger partial charge in [0.05, 0.1) is 18.9 Å². The van der Waals surface area contributed by atoms with Gasteiger partial charge in [0.25, 0.3) is 0 Å². The van der Waals surface area contributed by atoms with Gasteiger partial charge in [-0.05, 0) is 24.7 Å². The van der Waals surface area contributed by atoms with E-state index in [1.807, 2.05) is 6.92 Å². The van der Waals surface area contributed by atoms with E-state index < -0.39 is 29.1 Å². The molecule has 116 valence electrons. The Kier molecular flexibility index (Phi) is 4.21. The fraction of sp³-hybridized carbons (Fsp3) is 0.688. The summed E-state index contributed by atoms with van der Waals surface area (Å²) in [5, 5.41) is 9.37. The average Bonchev–Trinajstić information content (AvgIpc) is 2.45. The highest BCUT2D eigenvalue weighted by Crippen LogP contribution is 2.56. The lowest BCUT2D eigenvalue weighted by Gasteiger charge is -2.52. The molecule has 5 nitrogen and oxygen atoms in total. The molecule has 0 saturated heterocycles. The lowest BCUT2D eigenvalue weighted by atomic mass is 9.50. The van der Waals surface area contributed by atoms with E-state index in [0.717, 1.165) is 0 Å². The van der Waals surface area contributed by atoms with Crippen LogP contribution in [0.5, 0.6) is 0 Å². The van der Waals surface area contributed by atoms with Gasteiger partial charge < -0.3 is 9.84 Å². The summed E-state index contributed by atoms with van der Waals surface area (Å²) in [4.78, 5) is 35.9. The molecule has 2 aliphatic carbocycles. The number of allylic oxidation sites excluding steroid dienone is 1. The number of carboxylic acid groups (broad SMARTS) is 1. The van der Waals surface area contributed by atoms with Gasteiger partial charge in [-0.2, -0.15) is 0 Å². The Morgan fingerprint density at radius 2 is 2.10 bits per heavy atom. The quantitative estimate of drug-likeness (QED) is 0.636. The van der Waals surface area contributed by atoms with Gasteiger partial charge in [-0.15, -0.1) is 6.58 Å². The third-order valence-corrected chi connectivity index (χ3v) is 5.45. The number of ether oxygens (including phenoxy) is 1. The van der Waals surface area contributed by atoms with Crippen LogP contribution in [-0.2, 0) is 19.1 Å². The summed E-state index contributed by atoms with van der Waals surface area (Å²) in [5.41, 5.74) is -0.534. The summed E-state index contributed by atoms with van der Waals surface area (Å²) < 4.78 is 4.89. The van der Waals surface area contributed by atoms with E-state index in [-0.39, 0.29) is 17.7 Å². The van der Waals surface area contributed by atoms with Crippen LogP contribution in [0.15, 0.2) is 12.7 Å². The first-order valence-corrected chi connectivity index (χ1v) is 7.32. The van der Waals surface area contributed by atoms with Gasteiger partial charge in [0.15, 0.2) is 0 Å². The molecule has 0 bridgehead atoms. The Bertz CT molecular complexity index is 483. The van der Waals surface area contributed by atoms with Crippen molar-refractivity contribution in [1.82, 2.24) is 0 Å². The predicted octanol–water partition coefficient (Wildman–Crippen LogP) is 2.06. The average molecular weight is 294 g/mol. The summed E-state index contributed by atoms with van der Waals surface area (Å²) >= 11 is 0.